The zero-order valence-corrected chi connectivity index (χ0v) is 18.6. The van der Waals surface area contributed by atoms with Crippen molar-refractivity contribution in [2.45, 2.75) is 25.9 Å². The predicted octanol–water partition coefficient (Wildman–Crippen LogP) is 3.74. The zero-order chi connectivity index (χ0) is 22.6. The summed E-state index contributed by atoms with van der Waals surface area (Å²) in [7, 11) is 1.65. The summed E-state index contributed by atoms with van der Waals surface area (Å²) in [5.41, 5.74) is 3.51. The van der Waals surface area contributed by atoms with Crippen LogP contribution in [0.5, 0.6) is 5.75 Å². The van der Waals surface area contributed by atoms with Crippen molar-refractivity contribution in [3.8, 4) is 17.1 Å². The molecule has 0 saturated carbocycles. The number of hydrogen-bond donors (Lipinski definition) is 1. The Hall–Kier alpha value is -3.94. The largest absolute Gasteiger partial charge is 0.497 e. The van der Waals surface area contributed by atoms with Gasteiger partial charge in [0.25, 0.3) is 0 Å². The van der Waals surface area contributed by atoms with Crippen LogP contribution in [0.4, 0.5) is 5.82 Å². The number of anilines is 1. The van der Waals surface area contributed by atoms with Crippen molar-refractivity contribution in [2.75, 3.05) is 25.5 Å². The van der Waals surface area contributed by atoms with Gasteiger partial charge >= 0.3 is 0 Å². The van der Waals surface area contributed by atoms with Gasteiger partial charge in [0, 0.05) is 38.2 Å². The second-order valence-electron chi connectivity index (χ2n) is 8.06. The summed E-state index contributed by atoms with van der Waals surface area (Å²) in [5.74, 6) is 2.30. The molecule has 0 spiro atoms. The standard InChI is InChI=1S/C25H26N6O2/c1-33-20-11-9-19(10-12-20)23-28-24(26-16-18-6-3-2-4-7-18)22-25(29-23)31(17-27-22)15-14-30-13-5-8-21(30)32/h2-4,6-7,9-12,17H,5,8,13-16H2,1H3,(H,26,28,29). The number of likely N-dealkylation sites (tertiary alicyclic amines) is 1. The number of fused-ring (bicyclic) bond motifs is 1. The van der Waals surface area contributed by atoms with E-state index < -0.39 is 0 Å². The number of benzene rings is 2. The second-order valence-corrected chi connectivity index (χ2v) is 8.06. The minimum absolute atomic E-state index is 0.221. The number of aromatic nitrogens is 4. The maximum absolute atomic E-state index is 12.0. The molecule has 0 atom stereocenters. The van der Waals surface area contributed by atoms with Gasteiger partial charge in [0.2, 0.25) is 5.91 Å². The van der Waals surface area contributed by atoms with Crippen molar-refractivity contribution in [3.63, 3.8) is 0 Å². The molecule has 1 aliphatic rings. The van der Waals surface area contributed by atoms with Crippen LogP contribution in [0, 0.1) is 0 Å². The number of nitrogens with one attached hydrogen (secondary N) is 1. The maximum atomic E-state index is 12.0. The number of carbonyl (C=O) groups excluding carboxylic acids is 1. The fourth-order valence-electron chi connectivity index (χ4n) is 4.05. The molecule has 0 unspecified atom stereocenters. The van der Waals surface area contributed by atoms with E-state index in [0.29, 0.717) is 37.7 Å². The number of ether oxygens (including phenoxy) is 1. The highest BCUT2D eigenvalue weighted by molar-refractivity contribution is 5.85. The van der Waals surface area contributed by atoms with E-state index in [0.717, 1.165) is 41.0 Å². The third-order valence-electron chi connectivity index (χ3n) is 5.90. The van der Waals surface area contributed by atoms with Crippen molar-refractivity contribution in [3.05, 3.63) is 66.5 Å². The van der Waals surface area contributed by atoms with Crippen LogP contribution < -0.4 is 10.1 Å². The van der Waals surface area contributed by atoms with Crippen LogP contribution in [0.2, 0.25) is 0 Å². The first-order chi connectivity index (χ1) is 16.2. The first-order valence-electron chi connectivity index (χ1n) is 11.1. The SMILES string of the molecule is COc1ccc(-c2nc(NCc3ccccc3)c3ncn(CCN4CCCC4=O)c3n2)cc1. The lowest BCUT2D eigenvalue weighted by Crippen LogP contribution is -2.28. The molecule has 5 rings (SSSR count). The van der Waals surface area contributed by atoms with E-state index in [2.05, 4.69) is 22.4 Å². The van der Waals surface area contributed by atoms with Crippen molar-refractivity contribution in [2.24, 2.45) is 0 Å². The number of carbonyl (C=O) groups is 1. The van der Waals surface area contributed by atoms with E-state index in [1.165, 1.54) is 0 Å². The summed E-state index contributed by atoms with van der Waals surface area (Å²) in [5, 5.41) is 3.44. The highest BCUT2D eigenvalue weighted by Crippen LogP contribution is 2.26. The fraction of sp³-hybridized carbons (Fsp3) is 0.280. The molecule has 0 radical (unpaired) electrons. The van der Waals surface area contributed by atoms with Crippen LogP contribution in [-0.2, 0) is 17.9 Å². The monoisotopic (exact) mass is 442 g/mol. The van der Waals surface area contributed by atoms with Crippen LogP contribution in [0.25, 0.3) is 22.6 Å². The topological polar surface area (TPSA) is 85.2 Å². The van der Waals surface area contributed by atoms with E-state index in [9.17, 15) is 4.79 Å². The number of methoxy groups -OCH3 is 1. The fourth-order valence-corrected chi connectivity index (χ4v) is 4.05. The number of nitrogens with zero attached hydrogens (tertiary/aromatic N) is 5. The zero-order valence-electron chi connectivity index (χ0n) is 18.6. The first kappa shape index (κ1) is 20.9. The highest BCUT2D eigenvalue weighted by atomic mass is 16.5. The lowest BCUT2D eigenvalue weighted by molar-refractivity contribution is -0.127. The van der Waals surface area contributed by atoms with Crippen LogP contribution >= 0.6 is 0 Å². The van der Waals surface area contributed by atoms with Crippen LogP contribution in [0.3, 0.4) is 0 Å². The molecule has 168 valence electrons. The van der Waals surface area contributed by atoms with E-state index in [-0.39, 0.29) is 5.91 Å². The second kappa shape index (κ2) is 9.28. The Kier molecular flexibility index (Phi) is 5.89. The summed E-state index contributed by atoms with van der Waals surface area (Å²) in [4.78, 5) is 28.2. The van der Waals surface area contributed by atoms with E-state index >= 15 is 0 Å². The van der Waals surface area contributed by atoms with Crippen LogP contribution in [-0.4, -0.2) is 50.5 Å². The molecule has 3 heterocycles. The summed E-state index contributed by atoms with van der Waals surface area (Å²) < 4.78 is 7.29. The number of rotatable bonds is 8. The Morgan fingerprint density at radius 2 is 1.85 bits per heavy atom. The molecule has 4 aromatic rings. The Morgan fingerprint density at radius 1 is 1.03 bits per heavy atom. The molecular formula is C25H26N6O2. The molecule has 0 bridgehead atoms. The predicted molar refractivity (Wildman–Crippen MR) is 127 cm³/mol. The molecule has 8 heteroatoms. The van der Waals surface area contributed by atoms with Gasteiger partial charge in [-0.3, -0.25) is 4.79 Å². The molecule has 1 saturated heterocycles. The summed E-state index contributed by atoms with van der Waals surface area (Å²) in [6.45, 7) is 2.74. The van der Waals surface area contributed by atoms with Gasteiger partial charge < -0.3 is 19.5 Å². The molecule has 1 aliphatic heterocycles. The number of amides is 1. The lowest BCUT2D eigenvalue weighted by Gasteiger charge is -2.16. The molecule has 1 amide bonds. The first-order valence-corrected chi connectivity index (χ1v) is 11.1. The molecule has 1 N–H and O–H groups in total. The lowest BCUT2D eigenvalue weighted by atomic mass is 10.2. The average Bonchev–Trinajstić information content (AvgIpc) is 3.47. The molecule has 8 nitrogen and oxygen atoms in total. The minimum atomic E-state index is 0.221. The van der Waals surface area contributed by atoms with E-state index in [1.807, 2.05) is 51.9 Å². The average molecular weight is 443 g/mol. The molecule has 0 aliphatic carbocycles. The number of imidazole rings is 1. The molecule has 1 fully saturated rings. The van der Waals surface area contributed by atoms with Crippen LogP contribution in [0.1, 0.15) is 18.4 Å². The Bertz CT molecular complexity index is 1250. The summed E-state index contributed by atoms with van der Waals surface area (Å²) >= 11 is 0. The Morgan fingerprint density at radius 3 is 2.58 bits per heavy atom. The van der Waals surface area contributed by atoms with Gasteiger partial charge in [-0.25, -0.2) is 15.0 Å². The maximum Gasteiger partial charge on any atom is 0.222 e. The quantitative estimate of drug-likeness (QED) is 0.448. The Labute approximate surface area is 192 Å². The summed E-state index contributed by atoms with van der Waals surface area (Å²) in [6.07, 6.45) is 3.36. The van der Waals surface area contributed by atoms with Gasteiger partial charge in [-0.1, -0.05) is 30.3 Å². The van der Waals surface area contributed by atoms with Gasteiger partial charge in [-0.2, -0.15) is 0 Å². The molecule has 2 aromatic carbocycles. The van der Waals surface area contributed by atoms with Crippen molar-refractivity contribution < 1.29 is 9.53 Å². The third-order valence-corrected chi connectivity index (χ3v) is 5.90. The summed E-state index contributed by atoms with van der Waals surface area (Å²) in [6, 6.07) is 17.9. The highest BCUT2D eigenvalue weighted by Gasteiger charge is 2.20. The Balaban J connectivity index is 1.49. The van der Waals surface area contributed by atoms with E-state index in [1.54, 1.807) is 13.4 Å². The molecular weight excluding hydrogens is 416 g/mol. The number of hydrogen-bond acceptors (Lipinski definition) is 6. The van der Waals surface area contributed by atoms with Gasteiger partial charge in [0.05, 0.1) is 13.4 Å². The van der Waals surface area contributed by atoms with Gasteiger partial charge in [-0.05, 0) is 36.2 Å². The van der Waals surface area contributed by atoms with Gasteiger partial charge in [-0.15, -0.1) is 0 Å². The third kappa shape index (κ3) is 4.50. The van der Waals surface area contributed by atoms with E-state index in [4.69, 9.17) is 14.7 Å². The minimum Gasteiger partial charge on any atom is -0.497 e. The van der Waals surface area contributed by atoms with Crippen molar-refractivity contribution >= 4 is 22.9 Å². The van der Waals surface area contributed by atoms with Gasteiger partial charge in [0.1, 0.15) is 11.3 Å². The van der Waals surface area contributed by atoms with Gasteiger partial charge in [0.15, 0.2) is 17.3 Å². The van der Waals surface area contributed by atoms with Crippen molar-refractivity contribution in [1.29, 1.82) is 0 Å². The molecule has 2 aromatic heterocycles. The van der Waals surface area contributed by atoms with Crippen LogP contribution in [0.15, 0.2) is 60.9 Å². The molecule has 33 heavy (non-hydrogen) atoms. The normalized spacial score (nSPS) is 13.6. The smallest absolute Gasteiger partial charge is 0.222 e. The van der Waals surface area contributed by atoms with Crippen molar-refractivity contribution in [1.82, 2.24) is 24.4 Å².